The van der Waals surface area contributed by atoms with E-state index in [1.807, 2.05) is 0 Å². The Labute approximate surface area is 122 Å². The van der Waals surface area contributed by atoms with Crippen LogP contribution in [0.5, 0.6) is 0 Å². The van der Waals surface area contributed by atoms with E-state index in [1.54, 1.807) is 0 Å². The van der Waals surface area contributed by atoms with E-state index < -0.39 is 0 Å². The van der Waals surface area contributed by atoms with Crippen LogP contribution in [0.4, 0.5) is 0 Å². The van der Waals surface area contributed by atoms with Crippen LogP contribution in [0.1, 0.15) is 45.4 Å². The van der Waals surface area contributed by atoms with Gasteiger partial charge in [0.15, 0.2) is 0 Å². The number of amides is 1. The fourth-order valence-corrected chi connectivity index (χ4v) is 4.34. The Morgan fingerprint density at radius 2 is 2.20 bits per heavy atom. The lowest BCUT2D eigenvalue weighted by atomic mass is 9.87. The predicted octanol–water partition coefficient (Wildman–Crippen LogP) is 1.46. The van der Waals surface area contributed by atoms with E-state index in [4.69, 9.17) is 0 Å². The quantitative estimate of drug-likeness (QED) is 0.849. The number of piperidine rings is 1. The number of nitrogens with zero attached hydrogens (tertiary/aromatic N) is 2. The number of carbonyl (C=O) groups is 1. The molecule has 0 aromatic carbocycles. The second-order valence-electron chi connectivity index (χ2n) is 7.03. The molecule has 0 bridgehead atoms. The molecule has 1 N–H and O–H groups in total. The van der Waals surface area contributed by atoms with Crippen molar-refractivity contribution in [2.45, 2.75) is 51.5 Å². The largest absolute Gasteiger partial charge is 0.339 e. The lowest BCUT2D eigenvalue weighted by Crippen LogP contribution is -2.47. The van der Waals surface area contributed by atoms with Crippen molar-refractivity contribution >= 4 is 5.91 Å². The molecule has 3 fully saturated rings. The Kier molecular flexibility index (Phi) is 4.32. The highest BCUT2D eigenvalue weighted by molar-refractivity contribution is 5.78. The summed E-state index contributed by atoms with van der Waals surface area (Å²) >= 11 is 0. The average molecular weight is 279 g/mol. The van der Waals surface area contributed by atoms with E-state index in [1.165, 1.54) is 32.1 Å². The van der Waals surface area contributed by atoms with Crippen LogP contribution in [-0.2, 0) is 4.79 Å². The first-order chi connectivity index (χ1) is 9.72. The molecule has 3 rings (SSSR count). The lowest BCUT2D eigenvalue weighted by Gasteiger charge is -2.36. The summed E-state index contributed by atoms with van der Waals surface area (Å²) in [7, 11) is 0. The molecule has 3 aliphatic rings. The minimum atomic E-state index is 0.375. The third-order valence-corrected chi connectivity index (χ3v) is 5.63. The van der Waals surface area contributed by atoms with E-state index in [0.717, 1.165) is 39.1 Å². The number of likely N-dealkylation sites (tertiary alicyclic amines) is 2. The Balaban J connectivity index is 1.53. The van der Waals surface area contributed by atoms with Gasteiger partial charge in [-0.1, -0.05) is 6.92 Å². The maximum Gasteiger partial charge on any atom is 0.236 e. The Bertz CT molecular complexity index is 352. The first-order valence-electron chi connectivity index (χ1n) is 8.45. The third kappa shape index (κ3) is 2.86. The van der Waals surface area contributed by atoms with Crippen molar-refractivity contribution in [3.63, 3.8) is 0 Å². The summed E-state index contributed by atoms with van der Waals surface area (Å²) in [4.78, 5) is 17.2. The molecule has 114 valence electrons. The summed E-state index contributed by atoms with van der Waals surface area (Å²) < 4.78 is 0. The fourth-order valence-electron chi connectivity index (χ4n) is 4.34. The molecule has 3 saturated heterocycles. The first-order valence-corrected chi connectivity index (χ1v) is 8.45. The van der Waals surface area contributed by atoms with Crippen LogP contribution in [0.2, 0.25) is 0 Å². The molecule has 20 heavy (non-hydrogen) atoms. The molecule has 0 aromatic rings. The molecule has 0 saturated carbocycles. The maximum absolute atomic E-state index is 12.6. The SMILES string of the molecule is CCC1CCCCN1C(=O)CN1CCC2(CCNC2)C1. The molecule has 0 aromatic heterocycles. The topological polar surface area (TPSA) is 35.6 Å². The van der Waals surface area contributed by atoms with Crippen molar-refractivity contribution in [3.8, 4) is 0 Å². The van der Waals surface area contributed by atoms with Gasteiger partial charge < -0.3 is 10.2 Å². The van der Waals surface area contributed by atoms with Gasteiger partial charge in [0.2, 0.25) is 5.91 Å². The smallest absolute Gasteiger partial charge is 0.236 e. The van der Waals surface area contributed by atoms with Gasteiger partial charge >= 0.3 is 0 Å². The van der Waals surface area contributed by atoms with Gasteiger partial charge in [-0.05, 0) is 57.0 Å². The van der Waals surface area contributed by atoms with E-state index >= 15 is 0 Å². The maximum atomic E-state index is 12.6. The van der Waals surface area contributed by atoms with Crippen LogP contribution in [-0.4, -0.2) is 61.0 Å². The van der Waals surface area contributed by atoms with Crippen molar-refractivity contribution in [2.75, 3.05) is 39.3 Å². The van der Waals surface area contributed by atoms with Gasteiger partial charge in [0.05, 0.1) is 6.54 Å². The number of hydrogen-bond donors (Lipinski definition) is 1. The van der Waals surface area contributed by atoms with Crippen LogP contribution < -0.4 is 5.32 Å². The number of rotatable bonds is 3. The second kappa shape index (κ2) is 6.02. The highest BCUT2D eigenvalue weighted by atomic mass is 16.2. The van der Waals surface area contributed by atoms with Crippen molar-refractivity contribution in [2.24, 2.45) is 5.41 Å². The first kappa shape index (κ1) is 14.3. The van der Waals surface area contributed by atoms with E-state index in [0.29, 0.717) is 23.9 Å². The molecular formula is C16H29N3O. The standard InChI is InChI=1S/C16H29N3O/c1-2-14-5-3-4-9-19(14)15(20)11-18-10-7-16(13-18)6-8-17-12-16/h14,17H,2-13H2,1H3. The molecule has 0 aliphatic carbocycles. The van der Waals surface area contributed by atoms with Crippen LogP contribution in [0.25, 0.3) is 0 Å². The molecule has 1 amide bonds. The molecular weight excluding hydrogens is 250 g/mol. The summed E-state index contributed by atoms with van der Waals surface area (Å²) in [6, 6.07) is 0.501. The minimum Gasteiger partial charge on any atom is -0.339 e. The fraction of sp³-hybridized carbons (Fsp3) is 0.938. The molecule has 4 nitrogen and oxygen atoms in total. The molecule has 0 radical (unpaired) electrons. The second-order valence-corrected chi connectivity index (χ2v) is 7.03. The molecule has 4 heteroatoms. The Morgan fingerprint density at radius 3 is 2.95 bits per heavy atom. The van der Waals surface area contributed by atoms with E-state index in [-0.39, 0.29) is 0 Å². The van der Waals surface area contributed by atoms with Crippen LogP contribution in [0, 0.1) is 5.41 Å². The van der Waals surface area contributed by atoms with Gasteiger partial charge in [0.1, 0.15) is 0 Å². The van der Waals surface area contributed by atoms with E-state index in [9.17, 15) is 4.79 Å². The number of carbonyl (C=O) groups excluding carboxylic acids is 1. The zero-order valence-electron chi connectivity index (χ0n) is 12.9. The van der Waals surface area contributed by atoms with Gasteiger partial charge in [-0.25, -0.2) is 0 Å². The van der Waals surface area contributed by atoms with Crippen LogP contribution in [0.3, 0.4) is 0 Å². The minimum absolute atomic E-state index is 0.375. The molecule has 1 spiro atoms. The Morgan fingerprint density at radius 1 is 1.30 bits per heavy atom. The van der Waals surface area contributed by atoms with Gasteiger partial charge in [-0.15, -0.1) is 0 Å². The van der Waals surface area contributed by atoms with Crippen LogP contribution in [0.15, 0.2) is 0 Å². The average Bonchev–Trinajstić information content (AvgIpc) is 3.09. The summed E-state index contributed by atoms with van der Waals surface area (Å²) in [5.41, 5.74) is 0.479. The molecule has 2 unspecified atom stereocenters. The molecule has 3 aliphatic heterocycles. The highest BCUT2D eigenvalue weighted by Gasteiger charge is 2.41. The predicted molar refractivity (Wildman–Crippen MR) is 80.6 cm³/mol. The van der Waals surface area contributed by atoms with Gasteiger partial charge in [-0.3, -0.25) is 9.69 Å². The summed E-state index contributed by atoms with van der Waals surface area (Å²) in [6.45, 7) is 8.39. The summed E-state index contributed by atoms with van der Waals surface area (Å²) in [5, 5.41) is 3.49. The lowest BCUT2D eigenvalue weighted by molar-refractivity contribution is -0.136. The summed E-state index contributed by atoms with van der Waals surface area (Å²) in [6.07, 6.45) is 7.36. The number of hydrogen-bond acceptors (Lipinski definition) is 3. The van der Waals surface area contributed by atoms with Crippen molar-refractivity contribution in [1.82, 2.24) is 15.1 Å². The highest BCUT2D eigenvalue weighted by Crippen LogP contribution is 2.35. The van der Waals surface area contributed by atoms with Gasteiger partial charge in [0, 0.05) is 25.7 Å². The van der Waals surface area contributed by atoms with Gasteiger partial charge in [0.25, 0.3) is 0 Å². The number of nitrogens with one attached hydrogen (secondary N) is 1. The molecule has 2 atom stereocenters. The van der Waals surface area contributed by atoms with Crippen LogP contribution >= 0.6 is 0 Å². The van der Waals surface area contributed by atoms with Crippen molar-refractivity contribution in [1.29, 1.82) is 0 Å². The normalized spacial score (nSPS) is 35.0. The van der Waals surface area contributed by atoms with Crippen molar-refractivity contribution < 1.29 is 4.79 Å². The van der Waals surface area contributed by atoms with E-state index in [2.05, 4.69) is 22.0 Å². The summed E-state index contributed by atoms with van der Waals surface area (Å²) in [5.74, 6) is 0.375. The zero-order chi connectivity index (χ0) is 14.0. The zero-order valence-corrected chi connectivity index (χ0v) is 12.9. The van der Waals surface area contributed by atoms with Gasteiger partial charge in [-0.2, -0.15) is 0 Å². The van der Waals surface area contributed by atoms with Crippen molar-refractivity contribution in [3.05, 3.63) is 0 Å². The Hall–Kier alpha value is -0.610. The third-order valence-electron chi connectivity index (χ3n) is 5.63. The monoisotopic (exact) mass is 279 g/mol. The molecule has 3 heterocycles.